The summed E-state index contributed by atoms with van der Waals surface area (Å²) >= 11 is 0. The summed E-state index contributed by atoms with van der Waals surface area (Å²) in [6, 6.07) is 13.4. The smallest absolute Gasteiger partial charge is 0.148 e. The molecule has 1 aliphatic carbocycles. The van der Waals surface area contributed by atoms with Crippen LogP contribution in [0.3, 0.4) is 0 Å². The molecule has 6 rings (SSSR count). The van der Waals surface area contributed by atoms with Crippen LogP contribution in [0, 0.1) is 29.5 Å². The number of hydrogen-bond donors (Lipinski definition) is 4. The molecule has 0 amide bonds. The molecule has 4 N–H and O–H groups in total. The summed E-state index contributed by atoms with van der Waals surface area (Å²) < 4.78 is 14.0. The van der Waals surface area contributed by atoms with Crippen LogP contribution in [0.15, 0.2) is 66.9 Å². The quantitative estimate of drug-likeness (QED) is 0.222. The van der Waals surface area contributed by atoms with Crippen molar-refractivity contribution in [1.29, 1.82) is 5.26 Å². The van der Waals surface area contributed by atoms with E-state index in [0.717, 1.165) is 57.5 Å². The van der Waals surface area contributed by atoms with Gasteiger partial charge in [-0.25, -0.2) is 14.4 Å². The van der Waals surface area contributed by atoms with Crippen LogP contribution >= 0.6 is 0 Å². The number of pyridine rings is 1. The van der Waals surface area contributed by atoms with Crippen molar-refractivity contribution < 1.29 is 4.39 Å². The largest absolute Gasteiger partial charge is 0.383 e. The van der Waals surface area contributed by atoms with Gasteiger partial charge >= 0.3 is 0 Å². The van der Waals surface area contributed by atoms with Crippen LogP contribution in [0.2, 0.25) is 0 Å². The van der Waals surface area contributed by atoms with Gasteiger partial charge in [-0.2, -0.15) is 5.26 Å². The highest BCUT2D eigenvalue weighted by atomic mass is 19.1. The second-order valence-corrected chi connectivity index (χ2v) is 12.7. The Morgan fingerprint density at radius 2 is 1.81 bits per heavy atom. The van der Waals surface area contributed by atoms with Gasteiger partial charge in [-0.05, 0) is 55.0 Å². The van der Waals surface area contributed by atoms with Crippen molar-refractivity contribution in [3.63, 3.8) is 0 Å². The zero-order valence-electron chi connectivity index (χ0n) is 25.1. The Morgan fingerprint density at radius 3 is 2.47 bits per heavy atom. The van der Waals surface area contributed by atoms with Crippen LogP contribution in [0.4, 0.5) is 15.8 Å². The number of fused-ring (bicyclic) bond motifs is 1. The van der Waals surface area contributed by atoms with Crippen molar-refractivity contribution in [3.05, 3.63) is 89.7 Å². The molecule has 0 radical (unpaired) electrons. The van der Waals surface area contributed by atoms with E-state index in [-0.39, 0.29) is 11.2 Å². The first-order chi connectivity index (χ1) is 20.5. The first kappa shape index (κ1) is 28.4. The number of hydrazine groups is 2. The fourth-order valence-corrected chi connectivity index (χ4v) is 5.25. The first-order valence-corrected chi connectivity index (χ1v) is 14.5. The monoisotopic (exact) mass is 575 g/mol. The first-order valence-electron chi connectivity index (χ1n) is 14.5. The number of aromatic nitrogens is 3. The molecule has 0 spiro atoms. The molecule has 0 bridgehead atoms. The van der Waals surface area contributed by atoms with Crippen LogP contribution in [-0.4, -0.2) is 40.4 Å². The Morgan fingerprint density at radius 1 is 1.09 bits per heavy atom. The molecule has 1 saturated carbocycles. The Balaban J connectivity index is 1.54. The number of aryl methyl sites for hydroxylation is 1. The van der Waals surface area contributed by atoms with Crippen molar-refractivity contribution in [1.82, 2.24) is 30.9 Å². The molecule has 218 valence electrons. The topological polar surface area (TPSA) is 114 Å². The molecular weight excluding hydrogens is 540 g/mol. The van der Waals surface area contributed by atoms with Gasteiger partial charge in [-0.3, -0.25) is 9.99 Å². The lowest BCUT2D eigenvalue weighted by molar-refractivity contribution is 0.260. The van der Waals surface area contributed by atoms with Crippen LogP contribution in [0.1, 0.15) is 50.6 Å². The fraction of sp³-hybridized carbons (Fsp3) is 0.312. The number of hydrogen-bond acceptors (Lipinski definition) is 9. The van der Waals surface area contributed by atoms with Gasteiger partial charge in [0.05, 0.1) is 27.9 Å². The van der Waals surface area contributed by atoms with Crippen molar-refractivity contribution in [2.45, 2.75) is 52.0 Å². The Labute approximate surface area is 252 Å². The molecule has 3 heterocycles. The minimum absolute atomic E-state index is 0.0198. The van der Waals surface area contributed by atoms with E-state index in [2.05, 4.69) is 77.5 Å². The number of nitriles is 1. The highest BCUT2D eigenvalue weighted by Gasteiger charge is 2.38. The normalized spacial score (nSPS) is 16.3. The number of nitrogens with zero attached hydrogens (tertiary/aromatic N) is 5. The van der Waals surface area contributed by atoms with Gasteiger partial charge in [-0.15, -0.1) is 5.53 Å². The van der Waals surface area contributed by atoms with Gasteiger partial charge in [0.25, 0.3) is 0 Å². The number of nitrogens with one attached hydrogen (secondary N) is 4. The zero-order valence-corrected chi connectivity index (χ0v) is 25.1. The minimum atomic E-state index is -0.779. The van der Waals surface area contributed by atoms with Gasteiger partial charge in [0.2, 0.25) is 0 Å². The third-order valence-electron chi connectivity index (χ3n) is 7.86. The van der Waals surface area contributed by atoms with E-state index >= 15 is 0 Å². The molecule has 4 aromatic rings. The minimum Gasteiger partial charge on any atom is -0.383 e. The van der Waals surface area contributed by atoms with Crippen molar-refractivity contribution >= 4 is 30.1 Å². The molecule has 43 heavy (non-hydrogen) atoms. The molecular formula is C32H35BFN9. The average Bonchev–Trinajstić information content (AvgIpc) is 3.71. The maximum atomic E-state index is 14.0. The van der Waals surface area contributed by atoms with Gasteiger partial charge in [-0.1, -0.05) is 32.9 Å². The van der Waals surface area contributed by atoms with Crippen LogP contribution < -0.4 is 21.6 Å². The summed E-state index contributed by atoms with van der Waals surface area (Å²) in [7, 11) is 2.07. The summed E-state index contributed by atoms with van der Waals surface area (Å²) in [5.74, 6) is 0.375. The number of rotatable bonds is 8. The maximum absolute atomic E-state index is 14.0. The molecule has 0 saturated heterocycles. The third kappa shape index (κ3) is 5.83. The molecule has 1 unspecified atom stereocenters. The van der Waals surface area contributed by atoms with Gasteiger partial charge < -0.3 is 16.1 Å². The molecule has 11 heteroatoms. The van der Waals surface area contributed by atoms with Gasteiger partial charge in [0.15, 0.2) is 0 Å². The van der Waals surface area contributed by atoms with Crippen LogP contribution in [-0.2, 0) is 5.44 Å². The van der Waals surface area contributed by atoms with Crippen LogP contribution in [0.25, 0.3) is 22.0 Å². The lowest BCUT2D eigenvalue weighted by Crippen LogP contribution is -2.45. The van der Waals surface area contributed by atoms with Crippen molar-refractivity contribution in [3.8, 4) is 17.2 Å². The van der Waals surface area contributed by atoms with Crippen molar-refractivity contribution in [2.75, 3.05) is 17.2 Å². The zero-order chi connectivity index (χ0) is 30.4. The summed E-state index contributed by atoms with van der Waals surface area (Å²) in [5, 5.41) is 20.2. The second kappa shape index (κ2) is 10.9. The highest BCUT2D eigenvalue weighted by Crippen LogP contribution is 2.39. The van der Waals surface area contributed by atoms with E-state index in [1.54, 1.807) is 30.7 Å². The van der Waals surface area contributed by atoms with E-state index < -0.39 is 5.44 Å². The molecule has 2 aromatic carbocycles. The summed E-state index contributed by atoms with van der Waals surface area (Å²) in [6.07, 6.45) is 9.54. The lowest BCUT2D eigenvalue weighted by Gasteiger charge is -2.34. The fourth-order valence-electron chi connectivity index (χ4n) is 5.25. The van der Waals surface area contributed by atoms with E-state index in [0.29, 0.717) is 24.0 Å². The second-order valence-electron chi connectivity index (χ2n) is 12.7. The van der Waals surface area contributed by atoms with E-state index in [1.165, 1.54) is 12.1 Å². The Hall–Kier alpha value is -4.69. The maximum Gasteiger partial charge on any atom is 0.148 e. The molecule has 9 nitrogen and oxygen atoms in total. The lowest BCUT2D eigenvalue weighted by atomic mass is 9.69. The van der Waals surface area contributed by atoms with Gasteiger partial charge in [0, 0.05) is 59.6 Å². The molecule has 1 fully saturated rings. The van der Waals surface area contributed by atoms with Crippen molar-refractivity contribution in [2.24, 2.45) is 5.41 Å². The van der Waals surface area contributed by atoms with E-state index in [4.69, 9.17) is 4.98 Å². The number of halogens is 1. The molecule has 2 aromatic heterocycles. The predicted octanol–water partition coefficient (Wildman–Crippen LogP) is 4.70. The van der Waals surface area contributed by atoms with Crippen LogP contribution in [0.5, 0.6) is 0 Å². The average molecular weight is 576 g/mol. The SMILES string of the molecule is BC(Nc1cc(-c2cnc(C)nc2)c2ncc(C#N)c(NCC(C)(C)C)c2c1)(C1=CN(C2CC2)NN1)c1ccc(F)cc1. The summed E-state index contributed by atoms with van der Waals surface area (Å²) in [5.41, 5.74) is 11.9. The Kier molecular flexibility index (Phi) is 7.18. The molecule has 1 atom stereocenters. The molecule has 1 aliphatic heterocycles. The third-order valence-corrected chi connectivity index (χ3v) is 7.86. The molecule has 2 aliphatic rings. The predicted molar refractivity (Wildman–Crippen MR) is 170 cm³/mol. The summed E-state index contributed by atoms with van der Waals surface area (Å²) in [6.45, 7) is 8.95. The summed E-state index contributed by atoms with van der Waals surface area (Å²) in [4.78, 5) is 13.6. The highest BCUT2D eigenvalue weighted by molar-refractivity contribution is 6.19. The number of benzene rings is 2. The Bertz CT molecular complexity index is 1740. The van der Waals surface area contributed by atoms with Gasteiger partial charge in [0.1, 0.15) is 25.6 Å². The van der Waals surface area contributed by atoms with E-state index in [9.17, 15) is 9.65 Å². The van der Waals surface area contributed by atoms with E-state index in [1.807, 2.05) is 19.1 Å². The standard InChI is InChI=1S/C32H35BFN9/c1-19-36-15-21(16-37-19)26-11-24(12-27-29(39-18-31(2,3)4)20(13-35)14-38-30(26)27)40-32(33,22-5-7-23(34)8-6-22)28-17-43(42-41-28)25-9-10-25/h5-8,11-12,14-17,25,40-42H,9-10,18,33H2,1-4H3,(H,38,39). The number of anilines is 2.